The number of amides is 6. The van der Waals surface area contributed by atoms with Gasteiger partial charge in [0.25, 0.3) is 0 Å². The second-order valence-corrected chi connectivity index (χ2v) is 8.84. The third-order valence-electron chi connectivity index (χ3n) is 5.35. The zero-order valence-corrected chi connectivity index (χ0v) is 21.7. The lowest BCUT2D eigenvalue weighted by Gasteiger charge is -2.25. The number of nitrogens with one attached hydrogen (secondary N) is 4. The molecule has 0 aliphatic heterocycles. The number of carbonyl (C=O) groups is 7. The molecule has 0 aliphatic rings. The summed E-state index contributed by atoms with van der Waals surface area (Å²) in [6.45, 7) is 3.09. The van der Waals surface area contributed by atoms with Crippen LogP contribution in [0.5, 0.6) is 0 Å². The van der Waals surface area contributed by atoms with E-state index in [0.29, 0.717) is 19.4 Å². The van der Waals surface area contributed by atoms with Crippen LogP contribution < -0.4 is 44.2 Å². The number of carboxylic acid groups (broad SMARTS) is 1. The number of carbonyl (C=O) groups excluding carboxylic acids is 6. The average Bonchev–Trinajstić information content (AvgIpc) is 2.82. The van der Waals surface area contributed by atoms with Crippen LogP contribution in [0.3, 0.4) is 0 Å². The summed E-state index contributed by atoms with van der Waals surface area (Å²) in [5.74, 6) is -6.04. The smallest absolute Gasteiger partial charge is 0.326 e. The van der Waals surface area contributed by atoms with Crippen molar-refractivity contribution in [3.05, 3.63) is 0 Å². The molecule has 0 spiro atoms. The highest BCUT2D eigenvalue weighted by molar-refractivity contribution is 5.95. The van der Waals surface area contributed by atoms with Crippen molar-refractivity contribution >= 4 is 41.4 Å². The molecule has 13 N–H and O–H groups in total. The van der Waals surface area contributed by atoms with Crippen LogP contribution in [0.1, 0.15) is 58.8 Å². The molecule has 0 saturated carbocycles. The monoisotopic (exact) mass is 544 g/mol. The van der Waals surface area contributed by atoms with Crippen LogP contribution in [0.15, 0.2) is 0 Å². The largest absolute Gasteiger partial charge is 0.480 e. The SMILES string of the molecule is C[C@@H](N)C(=O)N[C@H](C)C(=O)N[C@@H](CCC(N)=O)C(=O)N[C@@H](CCC(N)=O)C(=O)N[C@@H](CCCCN)C(=O)O. The number of carboxylic acids is 1. The van der Waals surface area contributed by atoms with E-state index in [9.17, 15) is 38.7 Å². The third-order valence-corrected chi connectivity index (χ3v) is 5.35. The maximum atomic E-state index is 13.0. The van der Waals surface area contributed by atoms with E-state index in [4.69, 9.17) is 22.9 Å². The predicted molar refractivity (Wildman–Crippen MR) is 134 cm³/mol. The van der Waals surface area contributed by atoms with Gasteiger partial charge in [0.15, 0.2) is 0 Å². The van der Waals surface area contributed by atoms with E-state index in [0.717, 1.165) is 0 Å². The number of nitrogens with two attached hydrogens (primary N) is 4. The summed E-state index contributed by atoms with van der Waals surface area (Å²) in [6.07, 6.45) is -0.101. The maximum Gasteiger partial charge on any atom is 0.326 e. The Bertz CT molecular complexity index is 866. The van der Waals surface area contributed by atoms with E-state index in [1.165, 1.54) is 13.8 Å². The quantitative estimate of drug-likeness (QED) is 0.0710. The first-order valence-corrected chi connectivity index (χ1v) is 12.2. The lowest BCUT2D eigenvalue weighted by molar-refractivity contribution is -0.142. The number of rotatable bonds is 19. The molecule has 38 heavy (non-hydrogen) atoms. The molecule has 6 amide bonds. The Morgan fingerprint density at radius 2 is 1.11 bits per heavy atom. The Hall–Kier alpha value is -3.79. The molecule has 216 valence electrons. The molecule has 0 aromatic rings. The van der Waals surface area contributed by atoms with Gasteiger partial charge in [-0.15, -0.1) is 0 Å². The van der Waals surface area contributed by atoms with Crippen molar-refractivity contribution in [2.24, 2.45) is 22.9 Å². The van der Waals surface area contributed by atoms with Gasteiger partial charge in [-0.1, -0.05) is 0 Å². The van der Waals surface area contributed by atoms with Crippen molar-refractivity contribution in [2.75, 3.05) is 6.54 Å². The summed E-state index contributed by atoms with van der Waals surface area (Å²) < 4.78 is 0. The molecule has 0 aromatic heterocycles. The Morgan fingerprint density at radius 3 is 1.50 bits per heavy atom. The number of aliphatic carboxylic acids is 1. The molecule has 0 rings (SSSR count). The average molecular weight is 545 g/mol. The standard InChI is InChI=1S/C22H40N8O8/c1-11(24)18(33)27-12(2)19(34)28-13(6-8-16(25)31)20(35)29-14(7-9-17(26)32)21(36)30-15(22(37)38)5-3-4-10-23/h11-15H,3-10,23-24H2,1-2H3,(H2,25,31)(H2,26,32)(H,27,33)(H,28,34)(H,29,35)(H,30,36)(H,37,38)/t11-,12-,13+,14+,15+/m1/s1. The first kappa shape index (κ1) is 34.2. The summed E-state index contributed by atoms with van der Waals surface area (Å²) in [4.78, 5) is 84.4. The summed E-state index contributed by atoms with van der Waals surface area (Å²) in [5, 5.41) is 18.8. The zero-order valence-electron chi connectivity index (χ0n) is 21.7. The fourth-order valence-corrected chi connectivity index (χ4v) is 3.11. The zero-order chi connectivity index (χ0) is 29.4. The number of primary amides is 2. The van der Waals surface area contributed by atoms with Crippen molar-refractivity contribution in [3.63, 3.8) is 0 Å². The summed E-state index contributed by atoms with van der Waals surface area (Å²) >= 11 is 0. The Labute approximate surface area is 220 Å². The van der Waals surface area contributed by atoms with Gasteiger partial charge >= 0.3 is 5.97 Å². The van der Waals surface area contributed by atoms with Crippen molar-refractivity contribution in [3.8, 4) is 0 Å². The van der Waals surface area contributed by atoms with E-state index >= 15 is 0 Å². The molecule has 0 aromatic carbocycles. The lowest BCUT2D eigenvalue weighted by atomic mass is 10.0. The van der Waals surface area contributed by atoms with E-state index in [1.54, 1.807) is 0 Å². The number of hydrogen-bond donors (Lipinski definition) is 9. The Morgan fingerprint density at radius 1 is 0.658 bits per heavy atom. The highest BCUT2D eigenvalue weighted by atomic mass is 16.4. The van der Waals surface area contributed by atoms with Gasteiger partial charge in [0.2, 0.25) is 35.4 Å². The molecule has 16 heteroatoms. The van der Waals surface area contributed by atoms with E-state index in [2.05, 4.69) is 21.3 Å². The van der Waals surface area contributed by atoms with Crippen molar-refractivity contribution in [1.29, 1.82) is 0 Å². The maximum absolute atomic E-state index is 13.0. The van der Waals surface area contributed by atoms with Crippen LogP contribution in [0.2, 0.25) is 0 Å². The second-order valence-electron chi connectivity index (χ2n) is 8.84. The molecule has 0 aliphatic carbocycles. The summed E-state index contributed by atoms with van der Waals surface area (Å²) in [5.41, 5.74) is 21.2. The van der Waals surface area contributed by atoms with Gasteiger partial charge in [0.05, 0.1) is 6.04 Å². The molecular weight excluding hydrogens is 504 g/mol. The molecule has 0 radical (unpaired) electrons. The first-order valence-electron chi connectivity index (χ1n) is 12.2. The minimum Gasteiger partial charge on any atom is -0.480 e. The van der Waals surface area contributed by atoms with Crippen molar-refractivity contribution in [2.45, 2.75) is 89.0 Å². The summed E-state index contributed by atoms with van der Waals surface area (Å²) in [7, 11) is 0. The molecule has 16 nitrogen and oxygen atoms in total. The molecule has 0 bridgehead atoms. The van der Waals surface area contributed by atoms with Crippen LogP contribution in [-0.4, -0.2) is 83.3 Å². The third kappa shape index (κ3) is 14.1. The van der Waals surface area contributed by atoms with Gasteiger partial charge in [-0.25, -0.2) is 4.79 Å². The van der Waals surface area contributed by atoms with Gasteiger partial charge < -0.3 is 49.3 Å². The van der Waals surface area contributed by atoms with Crippen LogP contribution in [0.4, 0.5) is 0 Å². The van der Waals surface area contributed by atoms with Gasteiger partial charge in [0.1, 0.15) is 24.2 Å². The van der Waals surface area contributed by atoms with Crippen LogP contribution in [0, 0.1) is 0 Å². The first-order chi connectivity index (χ1) is 17.7. The van der Waals surface area contributed by atoms with Gasteiger partial charge in [-0.3, -0.25) is 28.8 Å². The van der Waals surface area contributed by atoms with Gasteiger partial charge in [-0.05, 0) is 52.5 Å². The van der Waals surface area contributed by atoms with Gasteiger partial charge in [0, 0.05) is 12.8 Å². The highest BCUT2D eigenvalue weighted by Crippen LogP contribution is 2.06. The minimum atomic E-state index is -1.39. The molecule has 0 heterocycles. The number of unbranched alkanes of at least 4 members (excludes halogenated alkanes) is 1. The van der Waals surface area contributed by atoms with Crippen molar-refractivity contribution in [1.82, 2.24) is 21.3 Å². The second kappa shape index (κ2) is 17.6. The molecule has 0 saturated heterocycles. The van der Waals surface area contributed by atoms with Crippen LogP contribution in [-0.2, 0) is 33.6 Å². The van der Waals surface area contributed by atoms with Crippen molar-refractivity contribution < 1.29 is 38.7 Å². The topological polar surface area (TPSA) is 292 Å². The van der Waals surface area contributed by atoms with Crippen LogP contribution >= 0.6 is 0 Å². The Balaban J connectivity index is 5.65. The molecule has 5 atom stereocenters. The fourth-order valence-electron chi connectivity index (χ4n) is 3.11. The highest BCUT2D eigenvalue weighted by Gasteiger charge is 2.31. The normalized spacial score (nSPS) is 14.6. The summed E-state index contributed by atoms with van der Waals surface area (Å²) in [6, 6.07) is -6.03. The van der Waals surface area contributed by atoms with E-state index in [1.807, 2.05) is 0 Å². The predicted octanol–water partition coefficient (Wildman–Crippen LogP) is -3.96. The van der Waals surface area contributed by atoms with E-state index in [-0.39, 0.29) is 32.1 Å². The van der Waals surface area contributed by atoms with Gasteiger partial charge in [-0.2, -0.15) is 0 Å². The fraction of sp³-hybridized carbons (Fsp3) is 0.682. The molecule has 0 unspecified atom stereocenters. The molecule has 0 fully saturated rings. The number of hydrogen-bond acceptors (Lipinski definition) is 9. The van der Waals surface area contributed by atoms with E-state index < -0.39 is 71.6 Å². The minimum absolute atomic E-state index is 0.0804. The Kier molecular flexibility index (Phi) is 15.9. The van der Waals surface area contributed by atoms with Crippen LogP contribution in [0.25, 0.3) is 0 Å². The lowest BCUT2D eigenvalue weighted by Crippen LogP contribution is -2.58. The molecular formula is C22H40N8O8.